The summed E-state index contributed by atoms with van der Waals surface area (Å²) in [7, 11) is 0. The van der Waals surface area contributed by atoms with Gasteiger partial charge in [0, 0.05) is 5.41 Å². The number of aromatic amines is 1. The zero-order chi connectivity index (χ0) is 10.1. The van der Waals surface area contributed by atoms with Crippen LogP contribution in [0, 0.1) is 0 Å². The maximum atomic E-state index is 11.2. The van der Waals surface area contributed by atoms with Crippen LogP contribution >= 0.6 is 0 Å². The molecule has 3 nitrogen and oxygen atoms in total. The van der Waals surface area contributed by atoms with Gasteiger partial charge in [0.05, 0.1) is 11.3 Å². The maximum absolute atomic E-state index is 11.2. The van der Waals surface area contributed by atoms with E-state index in [0.29, 0.717) is 5.56 Å². The molecule has 0 fully saturated rings. The van der Waals surface area contributed by atoms with E-state index in [4.69, 9.17) is 4.52 Å². The molecule has 1 N–H and O–H groups in total. The zero-order valence-electron chi connectivity index (χ0n) is 8.47. The fraction of sp³-hybridized carbons (Fsp3) is 0.500. The standard InChI is InChI=1S/C10H15NO2/c1-5-6-7-8(10(2,3)4)11-13-9(7)12/h5-6,11H,1-4H3. The SMILES string of the molecule is CC=Cc1c(C(C)(C)C)[nH]oc1=O. The molecule has 0 aliphatic heterocycles. The third-order valence-electron chi connectivity index (χ3n) is 1.82. The summed E-state index contributed by atoms with van der Waals surface area (Å²) in [5.74, 6) is 0. The topological polar surface area (TPSA) is 46.0 Å². The van der Waals surface area contributed by atoms with Crippen LogP contribution in [0.15, 0.2) is 15.4 Å². The maximum Gasteiger partial charge on any atom is 0.364 e. The van der Waals surface area contributed by atoms with Gasteiger partial charge in [0.1, 0.15) is 0 Å². The summed E-state index contributed by atoms with van der Waals surface area (Å²) < 4.78 is 4.74. The van der Waals surface area contributed by atoms with Gasteiger partial charge >= 0.3 is 5.63 Å². The second-order valence-electron chi connectivity index (χ2n) is 4.03. The van der Waals surface area contributed by atoms with Crippen molar-refractivity contribution in [2.75, 3.05) is 0 Å². The quantitative estimate of drug-likeness (QED) is 0.722. The Morgan fingerprint density at radius 2 is 2.00 bits per heavy atom. The van der Waals surface area contributed by atoms with Crippen LogP contribution in [0.4, 0.5) is 0 Å². The van der Waals surface area contributed by atoms with Crippen LogP contribution in [-0.2, 0) is 5.41 Å². The van der Waals surface area contributed by atoms with E-state index in [1.165, 1.54) is 0 Å². The molecule has 3 heteroatoms. The van der Waals surface area contributed by atoms with Crippen LogP contribution in [0.2, 0.25) is 0 Å². The van der Waals surface area contributed by atoms with Crippen molar-refractivity contribution in [3.8, 4) is 0 Å². The summed E-state index contributed by atoms with van der Waals surface area (Å²) in [5.41, 5.74) is 1.06. The van der Waals surface area contributed by atoms with Crippen LogP contribution < -0.4 is 5.63 Å². The van der Waals surface area contributed by atoms with Crippen molar-refractivity contribution < 1.29 is 4.52 Å². The van der Waals surface area contributed by atoms with Gasteiger partial charge in [-0.15, -0.1) is 0 Å². The third kappa shape index (κ3) is 1.91. The number of hydrogen-bond donors (Lipinski definition) is 1. The Kier molecular flexibility index (Phi) is 2.45. The molecule has 0 spiro atoms. The number of hydrogen-bond acceptors (Lipinski definition) is 2. The highest BCUT2D eigenvalue weighted by atomic mass is 16.5. The average Bonchev–Trinajstić information content (AvgIpc) is 2.32. The van der Waals surface area contributed by atoms with Crippen LogP contribution in [0.3, 0.4) is 0 Å². The first-order chi connectivity index (χ1) is 5.96. The van der Waals surface area contributed by atoms with Crippen molar-refractivity contribution in [2.45, 2.75) is 33.1 Å². The Balaban J connectivity index is 3.31. The predicted octanol–water partition coefficient (Wildman–Crippen LogP) is 2.30. The van der Waals surface area contributed by atoms with Crippen LogP contribution in [-0.4, -0.2) is 5.16 Å². The van der Waals surface area contributed by atoms with Crippen molar-refractivity contribution in [1.82, 2.24) is 5.16 Å². The summed E-state index contributed by atoms with van der Waals surface area (Å²) in [5, 5.41) is 2.66. The Morgan fingerprint density at radius 3 is 2.46 bits per heavy atom. The molecule has 1 rings (SSSR count). The third-order valence-corrected chi connectivity index (χ3v) is 1.82. The normalized spacial score (nSPS) is 12.6. The van der Waals surface area contributed by atoms with Crippen LogP contribution in [0.25, 0.3) is 6.08 Å². The van der Waals surface area contributed by atoms with Crippen molar-refractivity contribution in [3.05, 3.63) is 27.8 Å². The van der Waals surface area contributed by atoms with E-state index >= 15 is 0 Å². The lowest BCUT2D eigenvalue weighted by molar-refractivity contribution is 0.370. The fourth-order valence-corrected chi connectivity index (χ4v) is 1.18. The minimum absolute atomic E-state index is 0.0962. The second kappa shape index (κ2) is 3.24. The molecule has 13 heavy (non-hydrogen) atoms. The van der Waals surface area contributed by atoms with E-state index in [1.807, 2.05) is 33.8 Å². The Morgan fingerprint density at radius 1 is 1.38 bits per heavy atom. The molecular weight excluding hydrogens is 166 g/mol. The molecule has 0 aromatic carbocycles. The first-order valence-corrected chi connectivity index (χ1v) is 4.31. The molecule has 1 aromatic heterocycles. The van der Waals surface area contributed by atoms with E-state index < -0.39 is 0 Å². The number of rotatable bonds is 1. The molecule has 0 radical (unpaired) electrons. The number of aromatic nitrogens is 1. The minimum Gasteiger partial charge on any atom is -0.338 e. The molecule has 1 aromatic rings. The van der Waals surface area contributed by atoms with Gasteiger partial charge < -0.3 is 4.52 Å². The molecular formula is C10H15NO2. The summed E-state index contributed by atoms with van der Waals surface area (Å²) in [6.07, 6.45) is 3.60. The van der Waals surface area contributed by atoms with Gasteiger partial charge in [0.25, 0.3) is 0 Å². The molecule has 0 atom stereocenters. The second-order valence-corrected chi connectivity index (χ2v) is 4.03. The Hall–Kier alpha value is -1.25. The van der Waals surface area contributed by atoms with Crippen molar-refractivity contribution in [3.63, 3.8) is 0 Å². The number of H-pyrrole nitrogens is 1. The van der Waals surface area contributed by atoms with Crippen LogP contribution in [0.5, 0.6) is 0 Å². The van der Waals surface area contributed by atoms with Gasteiger partial charge in [-0.05, 0) is 13.0 Å². The summed E-state index contributed by atoms with van der Waals surface area (Å²) in [6, 6.07) is 0. The van der Waals surface area contributed by atoms with E-state index in [0.717, 1.165) is 5.69 Å². The highest BCUT2D eigenvalue weighted by molar-refractivity contribution is 5.51. The first-order valence-electron chi connectivity index (χ1n) is 4.31. The monoisotopic (exact) mass is 181 g/mol. The molecule has 72 valence electrons. The fourth-order valence-electron chi connectivity index (χ4n) is 1.18. The van der Waals surface area contributed by atoms with Gasteiger partial charge in [-0.1, -0.05) is 26.8 Å². The minimum atomic E-state index is -0.303. The van der Waals surface area contributed by atoms with Crippen molar-refractivity contribution in [1.29, 1.82) is 0 Å². The van der Waals surface area contributed by atoms with Crippen molar-refractivity contribution in [2.24, 2.45) is 0 Å². The average molecular weight is 181 g/mol. The lowest BCUT2D eigenvalue weighted by Crippen LogP contribution is -2.14. The molecule has 0 unspecified atom stereocenters. The van der Waals surface area contributed by atoms with Crippen molar-refractivity contribution >= 4 is 6.08 Å². The lowest BCUT2D eigenvalue weighted by Gasteiger charge is -2.15. The largest absolute Gasteiger partial charge is 0.364 e. The summed E-state index contributed by atoms with van der Waals surface area (Å²) in [4.78, 5) is 11.2. The molecule has 0 amide bonds. The number of allylic oxidation sites excluding steroid dienone is 1. The van der Waals surface area contributed by atoms with E-state index in [9.17, 15) is 4.79 Å². The molecule has 0 aliphatic rings. The highest BCUT2D eigenvalue weighted by Crippen LogP contribution is 2.22. The molecule has 1 heterocycles. The molecule has 0 saturated carbocycles. The van der Waals surface area contributed by atoms with E-state index in [-0.39, 0.29) is 11.0 Å². The van der Waals surface area contributed by atoms with Gasteiger partial charge in [0.15, 0.2) is 0 Å². The first kappa shape index (κ1) is 9.84. The lowest BCUT2D eigenvalue weighted by atomic mass is 9.89. The molecule has 0 aliphatic carbocycles. The Labute approximate surface area is 77.4 Å². The summed E-state index contributed by atoms with van der Waals surface area (Å²) >= 11 is 0. The molecule has 0 saturated heterocycles. The summed E-state index contributed by atoms with van der Waals surface area (Å²) in [6.45, 7) is 7.96. The molecule has 0 bridgehead atoms. The van der Waals surface area contributed by atoms with Gasteiger partial charge in [0.2, 0.25) is 0 Å². The van der Waals surface area contributed by atoms with Gasteiger partial charge in [-0.2, -0.15) is 0 Å². The van der Waals surface area contributed by atoms with Crippen LogP contribution in [0.1, 0.15) is 39.0 Å². The highest BCUT2D eigenvalue weighted by Gasteiger charge is 2.21. The van der Waals surface area contributed by atoms with E-state index in [2.05, 4.69) is 5.16 Å². The van der Waals surface area contributed by atoms with E-state index in [1.54, 1.807) is 6.08 Å². The van der Waals surface area contributed by atoms with Gasteiger partial charge in [-0.25, -0.2) is 9.95 Å². The zero-order valence-corrected chi connectivity index (χ0v) is 8.47. The number of nitrogens with one attached hydrogen (secondary N) is 1. The van der Waals surface area contributed by atoms with Gasteiger partial charge in [-0.3, -0.25) is 0 Å². The predicted molar refractivity (Wildman–Crippen MR) is 52.7 cm³/mol. The Bertz CT molecular complexity index is 363. The smallest absolute Gasteiger partial charge is 0.338 e.